The summed E-state index contributed by atoms with van der Waals surface area (Å²) in [6.45, 7) is 27.0. The first-order valence-electron chi connectivity index (χ1n) is 15.9. The van der Waals surface area contributed by atoms with Gasteiger partial charge in [0.2, 0.25) is 11.8 Å². The van der Waals surface area contributed by atoms with Crippen LogP contribution >= 0.6 is 39.5 Å². The Morgan fingerprint density at radius 1 is 0.636 bits per heavy atom. The van der Waals surface area contributed by atoms with Crippen LogP contribution in [0.25, 0.3) is 0 Å². The molecule has 2 aromatic carbocycles. The van der Waals surface area contributed by atoms with E-state index in [0.717, 1.165) is 24.5 Å². The number of anilines is 2. The zero-order valence-corrected chi connectivity index (χ0v) is 32.5. The Morgan fingerprint density at radius 3 is 1.27 bits per heavy atom. The van der Waals surface area contributed by atoms with Gasteiger partial charge in [0.25, 0.3) is 0 Å². The Labute approximate surface area is 286 Å². The maximum Gasteiger partial charge on any atom is 0.244 e. The van der Waals surface area contributed by atoms with E-state index < -0.39 is 9.86 Å². The lowest BCUT2D eigenvalue weighted by Crippen LogP contribution is -2.52. The number of amides is 2. The number of nitrogens with one attached hydrogen (secondary N) is 2. The number of halogens is 1. The monoisotopic (exact) mass is 707 g/mol. The van der Waals surface area contributed by atoms with Gasteiger partial charge in [0.15, 0.2) is 0 Å². The van der Waals surface area contributed by atoms with Crippen LogP contribution in [0.1, 0.15) is 109 Å². The highest BCUT2D eigenvalue weighted by atomic mass is 79.9. The molecule has 5 nitrogen and oxygen atoms in total. The van der Waals surface area contributed by atoms with Crippen LogP contribution in [0.4, 0.5) is 11.4 Å². The number of nitrogens with zero attached hydrogens (tertiary/aromatic N) is 1. The minimum absolute atomic E-state index is 0.0378. The quantitative estimate of drug-likeness (QED) is 0.142. The van der Waals surface area contributed by atoms with Crippen LogP contribution in [-0.2, 0) is 9.59 Å². The van der Waals surface area contributed by atoms with Crippen molar-refractivity contribution in [1.29, 1.82) is 0 Å². The molecule has 2 rings (SSSR count). The number of alkyl halides is 1. The summed E-state index contributed by atoms with van der Waals surface area (Å²) < 4.78 is -0.0643. The van der Waals surface area contributed by atoms with E-state index in [-0.39, 0.29) is 21.3 Å². The number of carbonyl (C=O) groups excluding carboxylic acids is 2. The maximum atomic E-state index is 12.6. The molecular formula is C36H58BrN3O2S2. The van der Waals surface area contributed by atoms with Crippen LogP contribution in [0, 0.1) is 0 Å². The first-order valence-corrected chi connectivity index (χ1v) is 18.4. The van der Waals surface area contributed by atoms with Crippen molar-refractivity contribution in [2.45, 2.75) is 138 Å². The van der Waals surface area contributed by atoms with Gasteiger partial charge >= 0.3 is 0 Å². The molecule has 0 spiro atoms. The average Bonchev–Trinajstić information content (AvgIpc) is 2.90. The highest BCUT2D eigenvalue weighted by molar-refractivity contribution is 9.10. The zero-order valence-electron chi connectivity index (χ0n) is 29.3. The van der Waals surface area contributed by atoms with Crippen molar-refractivity contribution in [2.75, 3.05) is 23.7 Å². The van der Waals surface area contributed by atoms with E-state index in [9.17, 15) is 9.59 Å². The number of thioether (sulfide) groups is 2. The molecule has 44 heavy (non-hydrogen) atoms. The second-order valence-corrected chi connectivity index (χ2v) is 18.9. The Hall–Kier alpha value is -1.48. The maximum absolute atomic E-state index is 12.6. The number of benzene rings is 2. The van der Waals surface area contributed by atoms with Crippen LogP contribution in [0.15, 0.2) is 58.3 Å². The smallest absolute Gasteiger partial charge is 0.244 e. The van der Waals surface area contributed by atoms with Gasteiger partial charge in [0.1, 0.15) is 0 Å². The molecule has 8 heteroatoms. The van der Waals surface area contributed by atoms with E-state index in [2.05, 4.69) is 111 Å². The summed E-state index contributed by atoms with van der Waals surface area (Å²) in [5.41, 5.74) is 1.18. The highest BCUT2D eigenvalue weighted by Crippen LogP contribution is 2.37. The SMILES string of the molecule is CCCC(C)(C)Sc1ccc(NC(=O)C(C)(C)Br)cc1.CCCC(C)(C)Sc1ccc(NC(=O)C(C)(C)N(CC)CC)cc1. The van der Waals surface area contributed by atoms with Crippen LogP contribution in [0.2, 0.25) is 0 Å². The summed E-state index contributed by atoms with van der Waals surface area (Å²) in [5, 5.41) is 5.96. The molecule has 0 heterocycles. The molecule has 0 aromatic heterocycles. The topological polar surface area (TPSA) is 61.4 Å². The molecule has 2 aromatic rings. The molecule has 0 aliphatic rings. The van der Waals surface area contributed by atoms with Crippen molar-refractivity contribution < 1.29 is 9.59 Å². The Balaban J connectivity index is 0.000000447. The summed E-state index contributed by atoms with van der Waals surface area (Å²) in [5.74, 6) is 0.00197. The predicted octanol–water partition coefficient (Wildman–Crippen LogP) is 10.9. The van der Waals surface area contributed by atoms with Gasteiger partial charge < -0.3 is 10.6 Å². The zero-order chi connectivity index (χ0) is 33.8. The van der Waals surface area contributed by atoms with Crippen molar-refractivity contribution in [3.8, 4) is 0 Å². The summed E-state index contributed by atoms with van der Waals surface area (Å²) in [6.07, 6.45) is 4.76. The average molecular weight is 709 g/mol. The first kappa shape index (κ1) is 40.5. The Morgan fingerprint density at radius 2 is 0.977 bits per heavy atom. The van der Waals surface area contributed by atoms with Gasteiger partial charge in [0, 0.05) is 30.7 Å². The Bertz CT molecular complexity index is 1150. The van der Waals surface area contributed by atoms with Gasteiger partial charge in [-0.15, -0.1) is 23.5 Å². The molecule has 2 N–H and O–H groups in total. The molecule has 0 unspecified atom stereocenters. The van der Waals surface area contributed by atoms with Crippen molar-refractivity contribution in [3.63, 3.8) is 0 Å². The molecule has 0 aliphatic heterocycles. The second-order valence-electron chi connectivity index (χ2n) is 13.4. The third-order valence-electron chi connectivity index (χ3n) is 7.37. The van der Waals surface area contributed by atoms with E-state index in [1.54, 1.807) is 0 Å². The van der Waals surface area contributed by atoms with Gasteiger partial charge in [0.05, 0.1) is 9.86 Å². The van der Waals surface area contributed by atoms with E-state index >= 15 is 0 Å². The van der Waals surface area contributed by atoms with E-state index in [1.807, 2.05) is 75.5 Å². The fraction of sp³-hybridized carbons (Fsp3) is 0.611. The Kier molecular flexibility index (Phi) is 16.6. The van der Waals surface area contributed by atoms with E-state index in [4.69, 9.17) is 0 Å². The minimum Gasteiger partial charge on any atom is -0.325 e. The molecule has 0 saturated heterocycles. The van der Waals surface area contributed by atoms with Crippen LogP contribution in [0.5, 0.6) is 0 Å². The van der Waals surface area contributed by atoms with Gasteiger partial charge in [-0.2, -0.15) is 0 Å². The second kappa shape index (κ2) is 18.0. The van der Waals surface area contributed by atoms with Gasteiger partial charge in [-0.25, -0.2) is 0 Å². The number of carbonyl (C=O) groups is 2. The van der Waals surface area contributed by atoms with Gasteiger partial charge in [-0.3, -0.25) is 14.5 Å². The first-order chi connectivity index (χ1) is 20.3. The van der Waals surface area contributed by atoms with Crippen LogP contribution in [0.3, 0.4) is 0 Å². The molecule has 0 aliphatic carbocycles. The van der Waals surface area contributed by atoms with Crippen LogP contribution < -0.4 is 10.6 Å². The number of hydrogen-bond donors (Lipinski definition) is 2. The van der Waals surface area contributed by atoms with Crippen molar-refractivity contribution >= 4 is 62.6 Å². The van der Waals surface area contributed by atoms with Crippen molar-refractivity contribution in [2.24, 2.45) is 0 Å². The number of rotatable bonds is 15. The molecule has 0 atom stereocenters. The highest BCUT2D eigenvalue weighted by Gasteiger charge is 2.32. The van der Waals surface area contributed by atoms with Gasteiger partial charge in [-0.1, -0.05) is 84.2 Å². The molecule has 0 saturated carbocycles. The normalized spacial score (nSPS) is 12.4. The number of likely N-dealkylation sites (N-methyl/N-ethyl adjacent to an activating group) is 1. The lowest BCUT2D eigenvalue weighted by atomic mass is 10.0. The number of hydrogen-bond acceptors (Lipinski definition) is 5. The molecule has 2 amide bonds. The largest absolute Gasteiger partial charge is 0.325 e. The summed E-state index contributed by atoms with van der Waals surface area (Å²) in [6, 6.07) is 16.3. The third kappa shape index (κ3) is 14.3. The standard InChI is InChI=1S/C20H34N2OS.C16H24BrNOS/c1-8-15-19(4,5)24-17-13-11-16(12-14-17)21-18(23)20(6,7)22(9-2)10-3;1-6-11-15(2,3)20-13-9-7-12(8-10-13)18-14(19)16(4,5)17/h11-14H,8-10,15H2,1-7H3,(H,21,23);7-10H,6,11H2,1-5H3,(H,18,19). The summed E-state index contributed by atoms with van der Waals surface area (Å²) >= 11 is 7.13. The van der Waals surface area contributed by atoms with E-state index in [0.29, 0.717) is 0 Å². The molecular weight excluding hydrogens is 650 g/mol. The fourth-order valence-corrected chi connectivity index (χ4v) is 7.41. The molecule has 0 radical (unpaired) electrons. The third-order valence-corrected chi connectivity index (χ3v) is 10.3. The minimum atomic E-state index is -0.552. The lowest BCUT2D eigenvalue weighted by molar-refractivity contribution is -0.126. The van der Waals surface area contributed by atoms with Crippen LogP contribution in [-0.4, -0.2) is 49.2 Å². The molecule has 0 bridgehead atoms. The van der Waals surface area contributed by atoms with E-state index in [1.165, 1.54) is 35.5 Å². The van der Waals surface area contributed by atoms with Gasteiger partial charge in [-0.05, 0) is 102 Å². The van der Waals surface area contributed by atoms with Crippen molar-refractivity contribution in [3.05, 3.63) is 48.5 Å². The summed E-state index contributed by atoms with van der Waals surface area (Å²) in [7, 11) is 0. The fourth-order valence-electron chi connectivity index (χ4n) is 4.88. The predicted molar refractivity (Wildman–Crippen MR) is 200 cm³/mol. The van der Waals surface area contributed by atoms with Crippen molar-refractivity contribution in [1.82, 2.24) is 4.90 Å². The molecule has 0 fully saturated rings. The lowest BCUT2D eigenvalue weighted by Gasteiger charge is -2.35. The molecule has 248 valence electrons. The summed E-state index contributed by atoms with van der Waals surface area (Å²) in [4.78, 5) is 29.2.